The number of ether oxygens (including phenoxy) is 1. The molecule has 0 saturated carbocycles. The zero-order valence-electron chi connectivity index (χ0n) is 19.2. The molecule has 2 saturated heterocycles. The summed E-state index contributed by atoms with van der Waals surface area (Å²) in [6.07, 6.45) is 0.794. The van der Waals surface area contributed by atoms with Crippen molar-refractivity contribution < 1.29 is 32.3 Å². The Labute approximate surface area is 200 Å². The van der Waals surface area contributed by atoms with Crippen LogP contribution in [0.2, 0.25) is 0 Å². The van der Waals surface area contributed by atoms with Gasteiger partial charge in [-0.2, -0.15) is 0 Å². The van der Waals surface area contributed by atoms with Crippen LogP contribution in [0, 0.1) is 23.4 Å². The van der Waals surface area contributed by atoms with E-state index >= 15 is 0 Å². The Kier molecular flexibility index (Phi) is 7.11. The Morgan fingerprint density at radius 1 is 1.06 bits per heavy atom. The van der Waals surface area contributed by atoms with E-state index in [4.69, 9.17) is 4.74 Å². The molecule has 7 nitrogen and oxygen atoms in total. The number of likely N-dealkylation sites (tertiary alicyclic amines) is 1. The fourth-order valence-electron chi connectivity index (χ4n) is 4.93. The molecule has 2 aliphatic heterocycles. The van der Waals surface area contributed by atoms with Gasteiger partial charge in [0.1, 0.15) is 28.6 Å². The minimum absolute atomic E-state index is 0.0796. The molecule has 1 N–H and O–H groups in total. The van der Waals surface area contributed by atoms with Gasteiger partial charge in [-0.15, -0.1) is 0 Å². The van der Waals surface area contributed by atoms with Crippen molar-refractivity contribution in [3.05, 3.63) is 71.0 Å². The summed E-state index contributed by atoms with van der Waals surface area (Å²) in [6.45, 7) is 0.566. The second-order valence-corrected chi connectivity index (χ2v) is 8.82. The van der Waals surface area contributed by atoms with Gasteiger partial charge >= 0.3 is 6.03 Å². The lowest BCUT2D eigenvalue weighted by Gasteiger charge is -2.41. The molecule has 0 aromatic heterocycles. The third kappa shape index (κ3) is 4.75. The fourth-order valence-corrected chi connectivity index (χ4v) is 4.93. The summed E-state index contributed by atoms with van der Waals surface area (Å²) in [5, 5.41) is 2.87. The number of methoxy groups -OCH3 is 1. The van der Waals surface area contributed by atoms with Gasteiger partial charge in [0.15, 0.2) is 0 Å². The third-order valence-corrected chi connectivity index (χ3v) is 6.77. The number of nitrogens with one attached hydrogen (secondary N) is 1. The topological polar surface area (TPSA) is 79.0 Å². The van der Waals surface area contributed by atoms with E-state index in [2.05, 4.69) is 5.32 Å². The SMILES string of the molecule is COCCN1C(=O)N[C@](Cc2ccc(F)cc2)(C2CCN(C(=O)c3c(F)cccc3F)CC2)C1=O. The van der Waals surface area contributed by atoms with E-state index in [0.29, 0.717) is 18.4 Å². The zero-order valence-corrected chi connectivity index (χ0v) is 19.2. The Morgan fingerprint density at radius 3 is 2.29 bits per heavy atom. The Balaban J connectivity index is 1.57. The van der Waals surface area contributed by atoms with E-state index in [1.165, 1.54) is 30.2 Å². The molecule has 1 atom stereocenters. The summed E-state index contributed by atoms with van der Waals surface area (Å²) in [5.41, 5.74) is -1.23. The van der Waals surface area contributed by atoms with Crippen LogP contribution < -0.4 is 5.32 Å². The maximum atomic E-state index is 14.1. The van der Waals surface area contributed by atoms with Gasteiger partial charge in [-0.05, 0) is 48.6 Å². The third-order valence-electron chi connectivity index (χ3n) is 6.77. The lowest BCUT2D eigenvalue weighted by molar-refractivity contribution is -0.134. The number of piperidine rings is 1. The van der Waals surface area contributed by atoms with Crippen molar-refractivity contribution in [2.45, 2.75) is 24.8 Å². The number of benzene rings is 2. The van der Waals surface area contributed by atoms with Crippen molar-refractivity contribution in [3.63, 3.8) is 0 Å². The van der Waals surface area contributed by atoms with Crippen LogP contribution in [-0.4, -0.2) is 66.5 Å². The number of imide groups is 1. The summed E-state index contributed by atoms with van der Waals surface area (Å²) >= 11 is 0. The highest BCUT2D eigenvalue weighted by Crippen LogP contribution is 2.37. The number of halogens is 3. The second kappa shape index (κ2) is 10.1. The zero-order chi connectivity index (χ0) is 25.2. The van der Waals surface area contributed by atoms with Crippen LogP contribution >= 0.6 is 0 Å². The van der Waals surface area contributed by atoms with Crippen molar-refractivity contribution in [2.24, 2.45) is 5.92 Å². The van der Waals surface area contributed by atoms with Crippen LogP contribution in [0.4, 0.5) is 18.0 Å². The number of hydrogen-bond donors (Lipinski definition) is 1. The Morgan fingerprint density at radius 2 is 1.69 bits per heavy atom. The fraction of sp³-hybridized carbons (Fsp3) is 0.400. The van der Waals surface area contributed by atoms with Crippen LogP contribution in [0.25, 0.3) is 0 Å². The normalized spacial score (nSPS) is 20.9. The molecule has 2 aromatic carbocycles. The minimum atomic E-state index is -1.29. The quantitative estimate of drug-likeness (QED) is 0.607. The molecule has 35 heavy (non-hydrogen) atoms. The molecule has 0 radical (unpaired) electrons. The number of urea groups is 1. The highest BCUT2D eigenvalue weighted by Gasteiger charge is 2.56. The van der Waals surface area contributed by atoms with Crippen molar-refractivity contribution >= 4 is 17.8 Å². The van der Waals surface area contributed by atoms with Gasteiger partial charge < -0.3 is 15.0 Å². The molecule has 186 valence electrons. The Bertz CT molecular complexity index is 1100. The number of hydrogen-bond acceptors (Lipinski definition) is 4. The number of carbonyl (C=O) groups is 3. The summed E-state index contributed by atoms with van der Waals surface area (Å²) < 4.78 is 46.7. The van der Waals surface area contributed by atoms with Gasteiger partial charge in [0, 0.05) is 26.6 Å². The Hall–Kier alpha value is -3.40. The molecule has 0 bridgehead atoms. The van der Waals surface area contributed by atoms with Gasteiger partial charge in [0.25, 0.3) is 11.8 Å². The van der Waals surface area contributed by atoms with Gasteiger partial charge in [-0.1, -0.05) is 18.2 Å². The van der Waals surface area contributed by atoms with Crippen molar-refractivity contribution in [1.82, 2.24) is 15.1 Å². The summed E-state index contributed by atoms with van der Waals surface area (Å²) in [5.74, 6) is -3.80. The van der Waals surface area contributed by atoms with Crippen LogP contribution in [0.5, 0.6) is 0 Å². The highest BCUT2D eigenvalue weighted by molar-refractivity contribution is 6.07. The predicted octanol–water partition coefficient (Wildman–Crippen LogP) is 3.14. The van der Waals surface area contributed by atoms with Gasteiger partial charge in [-0.25, -0.2) is 18.0 Å². The molecule has 2 aliphatic rings. The average molecular weight is 489 g/mol. The first-order valence-electron chi connectivity index (χ1n) is 11.4. The smallest absolute Gasteiger partial charge is 0.325 e. The van der Waals surface area contributed by atoms with Crippen LogP contribution in [0.1, 0.15) is 28.8 Å². The monoisotopic (exact) mass is 489 g/mol. The van der Waals surface area contributed by atoms with Gasteiger partial charge in [-0.3, -0.25) is 14.5 Å². The summed E-state index contributed by atoms with van der Waals surface area (Å²) in [6, 6.07) is 8.41. The first-order valence-corrected chi connectivity index (χ1v) is 11.4. The van der Waals surface area contributed by atoms with Crippen molar-refractivity contribution in [2.75, 3.05) is 33.4 Å². The molecule has 4 rings (SSSR count). The predicted molar refractivity (Wildman–Crippen MR) is 120 cm³/mol. The molecule has 4 amide bonds. The largest absolute Gasteiger partial charge is 0.383 e. The number of amides is 4. The van der Waals surface area contributed by atoms with Crippen LogP contribution in [-0.2, 0) is 16.0 Å². The van der Waals surface area contributed by atoms with Crippen LogP contribution in [0.15, 0.2) is 42.5 Å². The number of carbonyl (C=O) groups excluding carboxylic acids is 3. The molecule has 0 spiro atoms. The number of rotatable bonds is 7. The lowest BCUT2D eigenvalue weighted by atomic mass is 9.73. The van der Waals surface area contributed by atoms with E-state index in [-0.39, 0.29) is 38.6 Å². The summed E-state index contributed by atoms with van der Waals surface area (Å²) in [7, 11) is 1.47. The van der Waals surface area contributed by atoms with Crippen LogP contribution in [0.3, 0.4) is 0 Å². The molecule has 2 heterocycles. The first kappa shape index (κ1) is 24.7. The van der Waals surface area contributed by atoms with Crippen molar-refractivity contribution in [1.29, 1.82) is 0 Å². The van der Waals surface area contributed by atoms with E-state index < -0.39 is 46.4 Å². The van der Waals surface area contributed by atoms with Gasteiger partial charge in [0.2, 0.25) is 0 Å². The molecular weight excluding hydrogens is 463 g/mol. The lowest BCUT2D eigenvalue weighted by Crippen LogP contribution is -2.58. The maximum absolute atomic E-state index is 14.1. The average Bonchev–Trinajstić information content (AvgIpc) is 3.08. The first-order chi connectivity index (χ1) is 16.8. The summed E-state index contributed by atoms with van der Waals surface area (Å²) in [4.78, 5) is 41.6. The van der Waals surface area contributed by atoms with Gasteiger partial charge in [0.05, 0.1) is 13.2 Å². The molecule has 2 aromatic rings. The van der Waals surface area contributed by atoms with E-state index in [0.717, 1.165) is 17.0 Å². The standard InChI is InChI=1S/C25H26F3N3O4/c1-35-14-13-31-23(33)25(29-24(31)34,15-16-5-7-18(26)8-6-16)17-9-11-30(12-10-17)22(32)21-19(27)3-2-4-20(21)28/h2-8,17H,9-15H2,1H3,(H,29,34)/t25-/m1/s1. The molecular formula is C25H26F3N3O4. The van der Waals surface area contributed by atoms with E-state index in [9.17, 15) is 27.6 Å². The molecule has 0 unspecified atom stereocenters. The second-order valence-electron chi connectivity index (χ2n) is 8.82. The van der Waals surface area contributed by atoms with Crippen molar-refractivity contribution in [3.8, 4) is 0 Å². The molecule has 2 fully saturated rings. The number of nitrogens with zero attached hydrogens (tertiary/aromatic N) is 2. The van der Waals surface area contributed by atoms with E-state index in [1.54, 1.807) is 12.1 Å². The van der Waals surface area contributed by atoms with E-state index in [1.807, 2.05) is 0 Å². The highest BCUT2D eigenvalue weighted by atomic mass is 19.1. The minimum Gasteiger partial charge on any atom is -0.383 e. The molecule has 0 aliphatic carbocycles. The molecule has 10 heteroatoms. The maximum Gasteiger partial charge on any atom is 0.325 e.